The van der Waals surface area contributed by atoms with Crippen molar-refractivity contribution in [1.82, 2.24) is 49.8 Å². The Morgan fingerprint density at radius 2 is 1.23 bits per heavy atom. The number of anilines is 2. The van der Waals surface area contributed by atoms with E-state index in [0.29, 0.717) is 19.0 Å². The third kappa shape index (κ3) is 7.89. The number of nitrogen functional groups attached to an aromatic ring is 1. The van der Waals surface area contributed by atoms with E-state index in [4.69, 9.17) is 25.2 Å². The molecule has 4 atom stereocenters. The highest BCUT2D eigenvalue weighted by Gasteiger charge is 2.39. The Balaban J connectivity index is 0.908. The summed E-state index contributed by atoms with van der Waals surface area (Å²) in [6.45, 7) is 9.64. The Morgan fingerprint density at radius 3 is 1.65 bits per heavy atom. The molecule has 0 saturated carbocycles. The van der Waals surface area contributed by atoms with Gasteiger partial charge in [0.25, 0.3) is 0 Å². The number of carbonyl (C=O) groups is 2. The van der Waals surface area contributed by atoms with Crippen LogP contribution in [-0.4, -0.2) is 94.7 Å². The van der Waals surface area contributed by atoms with Crippen molar-refractivity contribution in [3.8, 4) is 33.6 Å². The minimum Gasteiger partial charge on any atom is -0.368 e. The number of likely N-dealkylation sites (tertiary alicyclic amines) is 2. The van der Waals surface area contributed by atoms with Gasteiger partial charge in [-0.05, 0) is 59.8 Å². The summed E-state index contributed by atoms with van der Waals surface area (Å²) in [7, 11) is 1.72. The van der Waals surface area contributed by atoms with Gasteiger partial charge in [0.15, 0.2) is 6.79 Å². The molecule has 0 aliphatic carbocycles. The Morgan fingerprint density at radius 1 is 0.754 bits per heavy atom. The number of aromatic amines is 2. The number of benzene rings is 2. The first-order chi connectivity index (χ1) is 27.5. The SMILES string of the molecule is CC(C)[C@H](Nc1nc(N)n(C)n1)C(=O)N1CCC[C@H]1c1ncc(-c2ccc(-c3ccc(-c4cnc([C@@H]5CCCN5C(=O)[C@@H](NC5OCO5)C(C)C)[nH]4)cc3)cc2)[nH]1. The van der Waals surface area contributed by atoms with Gasteiger partial charge in [0.05, 0.1) is 41.9 Å². The van der Waals surface area contributed by atoms with Crippen molar-refractivity contribution in [2.45, 2.75) is 84.0 Å². The number of carbonyl (C=O) groups excluding carboxylic acids is 2. The van der Waals surface area contributed by atoms with E-state index in [9.17, 15) is 9.59 Å². The lowest BCUT2D eigenvalue weighted by Gasteiger charge is -2.35. The second-order valence-corrected chi connectivity index (χ2v) is 15.9. The first-order valence-corrected chi connectivity index (χ1v) is 19.9. The van der Waals surface area contributed by atoms with E-state index in [-0.39, 0.29) is 48.5 Å². The van der Waals surface area contributed by atoms with Gasteiger partial charge >= 0.3 is 0 Å². The number of amides is 2. The van der Waals surface area contributed by atoms with E-state index >= 15 is 0 Å². The number of hydrogen-bond donors (Lipinski definition) is 5. The van der Waals surface area contributed by atoms with Crippen LogP contribution >= 0.6 is 0 Å². The largest absolute Gasteiger partial charge is 0.368 e. The molecule has 57 heavy (non-hydrogen) atoms. The lowest BCUT2D eigenvalue weighted by atomic mass is 10.0. The fourth-order valence-corrected chi connectivity index (χ4v) is 8.01. The van der Waals surface area contributed by atoms with Crippen LogP contribution in [-0.2, 0) is 26.1 Å². The van der Waals surface area contributed by atoms with Crippen molar-refractivity contribution >= 4 is 23.7 Å². The molecule has 0 bridgehead atoms. The standard InChI is InChI=1S/C41H52N12O4/c1-23(2)33(47-40-49-39(42)51(5)50-40)37(54)52-18-6-8-31(52)35-43-20-29(45-35)27-14-10-25(11-15-27)26-12-16-28(17-13-26)30-21-44-36(46-30)32-9-7-19-53(32)38(55)34(24(3)4)48-41-56-22-57-41/h10-17,20-21,23-24,31-34,41,48H,6-9,18-19,22H2,1-5H3,(H,43,45)(H,44,46)(H3,42,47,49,50)/t31-,32-,33-,34-/m0/s1. The molecule has 3 saturated heterocycles. The maximum atomic E-state index is 13.9. The molecule has 6 N–H and O–H groups in total. The first-order valence-electron chi connectivity index (χ1n) is 19.9. The molecule has 0 spiro atoms. The number of ether oxygens (including phenoxy) is 2. The molecule has 16 heteroatoms. The molecular weight excluding hydrogens is 725 g/mol. The zero-order chi connectivity index (χ0) is 39.8. The summed E-state index contributed by atoms with van der Waals surface area (Å²) in [6, 6.07) is 15.6. The fraction of sp³-hybridized carbons (Fsp3) is 0.463. The van der Waals surface area contributed by atoms with E-state index in [1.165, 1.54) is 4.68 Å². The molecule has 300 valence electrons. The van der Waals surface area contributed by atoms with E-state index in [1.54, 1.807) is 7.05 Å². The number of nitrogens with two attached hydrogens (primary N) is 1. The number of nitrogens with one attached hydrogen (secondary N) is 4. The quantitative estimate of drug-likeness (QED) is 0.105. The van der Waals surface area contributed by atoms with Crippen molar-refractivity contribution in [3.63, 3.8) is 0 Å². The Bertz CT molecular complexity index is 2150. The van der Waals surface area contributed by atoms with Crippen molar-refractivity contribution in [1.29, 1.82) is 0 Å². The maximum absolute atomic E-state index is 13.9. The fourth-order valence-electron chi connectivity index (χ4n) is 8.01. The molecule has 0 unspecified atom stereocenters. The van der Waals surface area contributed by atoms with Gasteiger partial charge in [0.2, 0.25) is 30.1 Å². The van der Waals surface area contributed by atoms with Gasteiger partial charge in [-0.25, -0.2) is 14.6 Å². The van der Waals surface area contributed by atoms with Crippen LogP contribution < -0.4 is 16.4 Å². The Kier molecular flexibility index (Phi) is 10.8. The third-order valence-electron chi connectivity index (χ3n) is 11.3. The number of hydrogen-bond acceptors (Lipinski definition) is 11. The molecule has 8 rings (SSSR count). The van der Waals surface area contributed by atoms with E-state index in [0.717, 1.165) is 71.0 Å². The average Bonchev–Trinajstić information content (AvgIpc) is 4.04. The molecule has 6 heterocycles. The highest BCUT2D eigenvalue weighted by atomic mass is 16.9. The minimum atomic E-state index is -0.540. The van der Waals surface area contributed by atoms with Gasteiger partial charge in [-0.15, -0.1) is 5.10 Å². The summed E-state index contributed by atoms with van der Waals surface area (Å²) >= 11 is 0. The zero-order valence-electron chi connectivity index (χ0n) is 33.1. The summed E-state index contributed by atoms with van der Waals surface area (Å²) in [6.07, 6.45) is 6.65. The molecule has 3 fully saturated rings. The van der Waals surface area contributed by atoms with Gasteiger partial charge < -0.3 is 40.3 Å². The van der Waals surface area contributed by atoms with Crippen molar-refractivity contribution in [2.24, 2.45) is 18.9 Å². The molecule has 2 aromatic carbocycles. The van der Waals surface area contributed by atoms with Gasteiger partial charge in [0.1, 0.15) is 17.7 Å². The molecule has 3 aliphatic rings. The van der Waals surface area contributed by atoms with E-state index < -0.39 is 18.5 Å². The predicted molar refractivity (Wildman–Crippen MR) is 215 cm³/mol. The van der Waals surface area contributed by atoms with Crippen LogP contribution in [0.5, 0.6) is 0 Å². The molecule has 16 nitrogen and oxygen atoms in total. The van der Waals surface area contributed by atoms with Crippen LogP contribution in [0.25, 0.3) is 33.6 Å². The zero-order valence-corrected chi connectivity index (χ0v) is 33.1. The molecule has 2 amide bonds. The predicted octanol–water partition coefficient (Wildman–Crippen LogP) is 5.21. The number of aryl methyl sites for hydroxylation is 1. The maximum Gasteiger partial charge on any atom is 0.246 e. The van der Waals surface area contributed by atoms with Crippen molar-refractivity contribution < 1.29 is 19.1 Å². The molecule has 5 aromatic rings. The summed E-state index contributed by atoms with van der Waals surface area (Å²) < 4.78 is 12.2. The monoisotopic (exact) mass is 776 g/mol. The summed E-state index contributed by atoms with van der Waals surface area (Å²) in [5.41, 5.74) is 11.9. The summed E-state index contributed by atoms with van der Waals surface area (Å²) in [4.78, 5) is 52.1. The highest BCUT2D eigenvalue weighted by molar-refractivity contribution is 5.85. The molecule has 3 aromatic heterocycles. The van der Waals surface area contributed by atoms with Crippen LogP contribution in [0.15, 0.2) is 60.9 Å². The molecule has 3 aliphatic heterocycles. The average molecular weight is 777 g/mol. The Labute approximate surface area is 331 Å². The van der Waals surface area contributed by atoms with Gasteiger partial charge in [-0.1, -0.05) is 76.2 Å². The van der Waals surface area contributed by atoms with Gasteiger partial charge in [-0.3, -0.25) is 14.9 Å². The van der Waals surface area contributed by atoms with Gasteiger partial charge in [-0.2, -0.15) is 4.98 Å². The van der Waals surface area contributed by atoms with Crippen molar-refractivity contribution in [2.75, 3.05) is 30.9 Å². The number of H-pyrrole nitrogens is 2. The molecule has 0 radical (unpaired) electrons. The second kappa shape index (κ2) is 16.1. The minimum absolute atomic E-state index is 0.00498. The van der Waals surface area contributed by atoms with E-state index in [1.807, 2.05) is 49.9 Å². The van der Waals surface area contributed by atoms with Crippen LogP contribution in [0.2, 0.25) is 0 Å². The number of nitrogens with zero attached hydrogens (tertiary/aromatic N) is 7. The first kappa shape index (κ1) is 38.3. The van der Waals surface area contributed by atoms with Crippen LogP contribution in [0, 0.1) is 11.8 Å². The van der Waals surface area contributed by atoms with Crippen molar-refractivity contribution in [3.05, 3.63) is 72.6 Å². The Hall–Kier alpha value is -5.58. The number of imidazole rings is 2. The summed E-state index contributed by atoms with van der Waals surface area (Å²) in [5.74, 6) is 2.30. The lowest BCUT2D eigenvalue weighted by molar-refractivity contribution is -0.335. The number of aromatic nitrogens is 7. The number of rotatable bonds is 13. The highest BCUT2D eigenvalue weighted by Crippen LogP contribution is 2.35. The van der Waals surface area contributed by atoms with Crippen LogP contribution in [0.3, 0.4) is 0 Å². The topological polar surface area (TPSA) is 197 Å². The van der Waals surface area contributed by atoms with Crippen LogP contribution in [0.4, 0.5) is 11.9 Å². The summed E-state index contributed by atoms with van der Waals surface area (Å²) in [5, 5.41) is 10.7. The van der Waals surface area contributed by atoms with Crippen LogP contribution in [0.1, 0.15) is 77.1 Å². The van der Waals surface area contributed by atoms with E-state index in [2.05, 4.69) is 79.2 Å². The normalized spacial score (nSPS) is 19.7. The second-order valence-electron chi connectivity index (χ2n) is 15.9. The molecular formula is C41H52N12O4. The lowest BCUT2D eigenvalue weighted by Crippen LogP contribution is -2.56. The van der Waals surface area contributed by atoms with Gasteiger partial charge in [0, 0.05) is 20.1 Å². The smallest absolute Gasteiger partial charge is 0.246 e. The third-order valence-corrected chi connectivity index (χ3v) is 11.3.